The van der Waals surface area contributed by atoms with E-state index in [1.807, 2.05) is 0 Å². The minimum Gasteiger partial charge on any atom is -0.413 e. The van der Waals surface area contributed by atoms with Crippen LogP contribution in [0, 0.1) is 11.8 Å². The Bertz CT molecular complexity index is 1080. The molecule has 0 spiro atoms. The summed E-state index contributed by atoms with van der Waals surface area (Å²) in [5.41, 5.74) is 2.92. The lowest BCUT2D eigenvalue weighted by Gasteiger charge is -2.44. The third-order valence-corrected chi connectivity index (χ3v) is 19.0. The van der Waals surface area contributed by atoms with Gasteiger partial charge in [-0.15, -0.1) is 0 Å². The number of rotatable bonds is 15. The summed E-state index contributed by atoms with van der Waals surface area (Å²) in [5, 5.41) is 2.99. The fraction of sp³-hybridized carbons (Fsp3) is 0.579. The molecule has 2 aromatic carbocycles. The van der Waals surface area contributed by atoms with Gasteiger partial charge in [0.1, 0.15) is 0 Å². The Balaban J connectivity index is 2.06. The SMILES string of the molecule is C/C(=C\CO[Si](C)(C)C(C)(C)C)CC/C=C(\C)CCC(CO[Si](c1ccccc1)(c1ccccc1)C(C)(C)C)C(C)C. The second-order valence-corrected chi connectivity index (χ2v) is 24.3. The maximum Gasteiger partial charge on any atom is 0.261 e. The quantitative estimate of drug-likeness (QED) is 0.148. The topological polar surface area (TPSA) is 18.5 Å². The highest BCUT2D eigenvalue weighted by Crippen LogP contribution is 2.38. The zero-order valence-corrected chi connectivity index (χ0v) is 31.1. The van der Waals surface area contributed by atoms with Gasteiger partial charge in [0.25, 0.3) is 8.32 Å². The largest absolute Gasteiger partial charge is 0.413 e. The molecule has 0 aliphatic heterocycles. The molecule has 2 aromatic rings. The van der Waals surface area contributed by atoms with E-state index >= 15 is 0 Å². The molecule has 2 nitrogen and oxygen atoms in total. The van der Waals surface area contributed by atoms with Crippen LogP contribution in [0.25, 0.3) is 0 Å². The van der Waals surface area contributed by atoms with E-state index in [0.717, 1.165) is 38.9 Å². The van der Waals surface area contributed by atoms with Gasteiger partial charge in [-0.3, -0.25) is 0 Å². The molecule has 0 N–H and O–H groups in total. The van der Waals surface area contributed by atoms with Crippen LogP contribution in [0.3, 0.4) is 0 Å². The fourth-order valence-electron chi connectivity index (χ4n) is 5.37. The van der Waals surface area contributed by atoms with Gasteiger partial charge in [-0.2, -0.15) is 0 Å². The molecule has 0 saturated heterocycles. The molecule has 0 fully saturated rings. The highest BCUT2D eigenvalue weighted by Gasteiger charge is 2.50. The Kier molecular flexibility index (Phi) is 13.7. The Hall–Kier alpha value is -1.73. The molecule has 0 radical (unpaired) electrons. The monoisotopic (exact) mass is 606 g/mol. The average molecular weight is 607 g/mol. The van der Waals surface area contributed by atoms with Crippen LogP contribution < -0.4 is 10.4 Å². The van der Waals surface area contributed by atoms with Gasteiger partial charge in [-0.1, -0.05) is 139 Å². The van der Waals surface area contributed by atoms with Gasteiger partial charge >= 0.3 is 0 Å². The molecule has 0 heterocycles. The van der Waals surface area contributed by atoms with Gasteiger partial charge < -0.3 is 8.85 Å². The summed E-state index contributed by atoms with van der Waals surface area (Å²) in [5.74, 6) is 1.09. The molecule has 0 aromatic heterocycles. The van der Waals surface area contributed by atoms with Crippen LogP contribution in [-0.4, -0.2) is 29.8 Å². The molecular formula is C38H62O2Si2. The zero-order valence-electron chi connectivity index (χ0n) is 29.1. The molecule has 1 atom stereocenters. The number of hydrogen-bond donors (Lipinski definition) is 0. The van der Waals surface area contributed by atoms with Crippen LogP contribution in [0.2, 0.25) is 23.2 Å². The predicted molar refractivity (Wildman–Crippen MR) is 191 cm³/mol. The summed E-state index contributed by atoms with van der Waals surface area (Å²) >= 11 is 0. The summed E-state index contributed by atoms with van der Waals surface area (Å²) in [7, 11) is -4.19. The lowest BCUT2D eigenvalue weighted by Crippen LogP contribution is -2.67. The van der Waals surface area contributed by atoms with Crippen LogP contribution in [0.1, 0.15) is 94.9 Å². The van der Waals surface area contributed by atoms with E-state index in [1.165, 1.54) is 21.5 Å². The lowest BCUT2D eigenvalue weighted by atomic mass is 9.90. The summed E-state index contributed by atoms with van der Waals surface area (Å²) in [6.07, 6.45) is 9.23. The standard InChI is InChI=1S/C38H62O2Si2/c1-31(2)34(27-26-32(3)20-19-21-33(4)28-29-39-41(11,12)37(5,6)7)30-40-42(38(8,9)10,35-22-15-13-16-23-35)36-24-17-14-18-25-36/h13-18,20,22-25,28,31,34H,19,21,26-27,29-30H2,1-12H3/b32-20+,33-28+. The van der Waals surface area contributed by atoms with Gasteiger partial charge in [0.2, 0.25) is 0 Å². The van der Waals surface area contributed by atoms with Crippen molar-refractivity contribution in [2.45, 2.75) is 118 Å². The minimum atomic E-state index is -2.51. The van der Waals surface area contributed by atoms with Crippen molar-refractivity contribution in [3.63, 3.8) is 0 Å². The summed E-state index contributed by atoms with van der Waals surface area (Å²) < 4.78 is 13.7. The molecule has 2 rings (SSSR count). The van der Waals surface area contributed by atoms with E-state index in [-0.39, 0.29) is 10.1 Å². The molecule has 0 amide bonds. The Labute approximate surface area is 262 Å². The molecule has 0 aliphatic carbocycles. The number of benzene rings is 2. The van der Waals surface area contributed by atoms with Gasteiger partial charge in [0, 0.05) is 6.61 Å². The summed E-state index contributed by atoms with van der Waals surface area (Å²) in [6, 6.07) is 22.1. The van der Waals surface area contributed by atoms with E-state index in [0.29, 0.717) is 11.8 Å². The average Bonchev–Trinajstić information content (AvgIpc) is 2.90. The first kappa shape index (κ1) is 36.5. The molecule has 0 aliphatic rings. The third-order valence-electron chi connectivity index (χ3n) is 9.50. The van der Waals surface area contributed by atoms with Crippen LogP contribution >= 0.6 is 0 Å². The van der Waals surface area contributed by atoms with Crippen molar-refractivity contribution in [3.05, 3.63) is 84.0 Å². The highest BCUT2D eigenvalue weighted by molar-refractivity contribution is 6.99. The second-order valence-electron chi connectivity index (χ2n) is 15.2. The van der Waals surface area contributed by atoms with E-state index < -0.39 is 16.6 Å². The van der Waals surface area contributed by atoms with Crippen molar-refractivity contribution in [2.24, 2.45) is 11.8 Å². The lowest BCUT2D eigenvalue weighted by molar-refractivity contribution is 0.190. The number of allylic oxidation sites excluding steroid dienone is 3. The fourth-order valence-corrected chi connectivity index (χ4v) is 10.9. The second kappa shape index (κ2) is 15.8. The molecular weight excluding hydrogens is 545 g/mol. The maximum atomic E-state index is 7.32. The van der Waals surface area contributed by atoms with Gasteiger partial charge in [0.15, 0.2) is 8.32 Å². The Morgan fingerprint density at radius 1 is 0.714 bits per heavy atom. The highest BCUT2D eigenvalue weighted by atomic mass is 28.4. The van der Waals surface area contributed by atoms with Crippen LogP contribution in [-0.2, 0) is 8.85 Å². The van der Waals surface area contributed by atoms with Gasteiger partial charge in [-0.25, -0.2) is 0 Å². The Morgan fingerprint density at radius 2 is 1.21 bits per heavy atom. The van der Waals surface area contributed by atoms with E-state index in [4.69, 9.17) is 8.85 Å². The number of hydrogen-bond acceptors (Lipinski definition) is 2. The van der Waals surface area contributed by atoms with E-state index in [1.54, 1.807) is 0 Å². The van der Waals surface area contributed by atoms with Crippen molar-refractivity contribution in [1.29, 1.82) is 0 Å². The maximum absolute atomic E-state index is 7.32. The van der Waals surface area contributed by atoms with Crippen LogP contribution in [0.5, 0.6) is 0 Å². The van der Waals surface area contributed by atoms with E-state index in [9.17, 15) is 0 Å². The first-order valence-corrected chi connectivity index (χ1v) is 21.0. The molecule has 42 heavy (non-hydrogen) atoms. The summed E-state index contributed by atoms with van der Waals surface area (Å²) in [4.78, 5) is 0. The van der Waals surface area contributed by atoms with Crippen molar-refractivity contribution in [1.82, 2.24) is 0 Å². The third kappa shape index (κ3) is 10.2. The molecule has 0 bridgehead atoms. The Morgan fingerprint density at radius 3 is 1.67 bits per heavy atom. The molecule has 4 heteroatoms. The van der Waals surface area contributed by atoms with Crippen LogP contribution in [0.4, 0.5) is 0 Å². The van der Waals surface area contributed by atoms with Crippen molar-refractivity contribution in [3.8, 4) is 0 Å². The van der Waals surface area contributed by atoms with Crippen LogP contribution in [0.15, 0.2) is 84.0 Å². The molecule has 1 unspecified atom stereocenters. The van der Waals surface area contributed by atoms with Crippen molar-refractivity contribution < 1.29 is 8.85 Å². The first-order valence-electron chi connectivity index (χ1n) is 16.2. The van der Waals surface area contributed by atoms with Crippen molar-refractivity contribution >= 4 is 27.0 Å². The predicted octanol–water partition coefficient (Wildman–Crippen LogP) is 10.3. The van der Waals surface area contributed by atoms with E-state index in [2.05, 4.69) is 155 Å². The zero-order chi connectivity index (χ0) is 31.6. The summed E-state index contributed by atoms with van der Waals surface area (Å²) in [6.45, 7) is 29.5. The first-order chi connectivity index (χ1) is 19.5. The molecule has 0 saturated carbocycles. The molecule has 234 valence electrons. The normalized spacial score (nSPS) is 14.9. The van der Waals surface area contributed by atoms with Gasteiger partial charge in [-0.05, 0) is 84.9 Å². The smallest absolute Gasteiger partial charge is 0.261 e. The minimum absolute atomic E-state index is 0.00809. The van der Waals surface area contributed by atoms with Gasteiger partial charge in [0.05, 0.1) is 6.61 Å². The van der Waals surface area contributed by atoms with Crippen molar-refractivity contribution in [2.75, 3.05) is 13.2 Å².